The van der Waals surface area contributed by atoms with E-state index in [-0.39, 0.29) is 28.1 Å². The third-order valence-electron chi connectivity index (χ3n) is 6.57. The van der Waals surface area contributed by atoms with Crippen LogP contribution in [0, 0.1) is 12.7 Å². The van der Waals surface area contributed by atoms with Crippen LogP contribution in [0.1, 0.15) is 37.8 Å². The molecule has 0 heterocycles. The summed E-state index contributed by atoms with van der Waals surface area (Å²) in [6, 6.07) is 15.3. The molecular weight excluding hydrogens is 569 g/mol. The maximum atomic E-state index is 13.9. The van der Waals surface area contributed by atoms with Gasteiger partial charge in [-0.25, -0.2) is 12.8 Å². The van der Waals surface area contributed by atoms with Gasteiger partial charge in [-0.2, -0.15) is 0 Å². The zero-order valence-electron chi connectivity index (χ0n) is 23.6. The Labute approximate surface area is 246 Å². The van der Waals surface area contributed by atoms with Gasteiger partial charge in [0.05, 0.1) is 22.7 Å². The van der Waals surface area contributed by atoms with Crippen LogP contribution in [-0.2, 0) is 26.2 Å². The van der Waals surface area contributed by atoms with Crippen LogP contribution in [0.5, 0.6) is 5.75 Å². The summed E-state index contributed by atoms with van der Waals surface area (Å²) < 4.78 is 47.5. The molecular formula is C30H35ClFN3O5S. The van der Waals surface area contributed by atoms with Crippen LogP contribution in [0.2, 0.25) is 5.02 Å². The fourth-order valence-corrected chi connectivity index (χ4v) is 5.74. The number of hydrogen-bond donors (Lipinski definition) is 1. The summed E-state index contributed by atoms with van der Waals surface area (Å²) in [5.74, 6) is -1.11. The summed E-state index contributed by atoms with van der Waals surface area (Å²) in [4.78, 5) is 28.2. The molecule has 0 radical (unpaired) electrons. The van der Waals surface area contributed by atoms with E-state index in [4.69, 9.17) is 16.3 Å². The van der Waals surface area contributed by atoms with Gasteiger partial charge in [-0.15, -0.1) is 0 Å². The Balaban J connectivity index is 2.03. The summed E-state index contributed by atoms with van der Waals surface area (Å²) in [6.45, 7) is 5.19. The molecule has 0 aliphatic carbocycles. The lowest BCUT2D eigenvalue weighted by Gasteiger charge is -2.32. The molecule has 220 valence electrons. The second-order valence-electron chi connectivity index (χ2n) is 9.61. The predicted molar refractivity (Wildman–Crippen MR) is 158 cm³/mol. The van der Waals surface area contributed by atoms with Gasteiger partial charge in [0.25, 0.3) is 10.0 Å². The van der Waals surface area contributed by atoms with Crippen LogP contribution < -0.4 is 14.4 Å². The third kappa shape index (κ3) is 8.20. The van der Waals surface area contributed by atoms with Crippen molar-refractivity contribution in [3.63, 3.8) is 0 Å². The highest BCUT2D eigenvalue weighted by atomic mass is 35.5. The van der Waals surface area contributed by atoms with Gasteiger partial charge < -0.3 is 15.0 Å². The number of carbonyl (C=O) groups excluding carboxylic acids is 2. The van der Waals surface area contributed by atoms with Crippen LogP contribution >= 0.6 is 11.6 Å². The number of sulfonamides is 1. The number of methoxy groups -OCH3 is 1. The van der Waals surface area contributed by atoms with Gasteiger partial charge in [-0.05, 0) is 68.3 Å². The number of hydrogen-bond acceptors (Lipinski definition) is 5. The minimum atomic E-state index is -4.24. The molecule has 0 unspecified atom stereocenters. The first-order valence-corrected chi connectivity index (χ1v) is 15.0. The Morgan fingerprint density at radius 1 is 1.05 bits per heavy atom. The first-order valence-electron chi connectivity index (χ1n) is 13.2. The first kappa shape index (κ1) is 31.9. The Hall–Kier alpha value is -3.63. The zero-order chi connectivity index (χ0) is 30.2. The molecule has 41 heavy (non-hydrogen) atoms. The fraction of sp³-hybridized carbons (Fsp3) is 0.333. The third-order valence-corrected chi connectivity index (χ3v) is 8.66. The molecule has 0 aliphatic rings. The molecule has 0 fully saturated rings. The summed E-state index contributed by atoms with van der Waals surface area (Å²) in [5, 5.41) is 2.98. The molecule has 8 nitrogen and oxygen atoms in total. The molecule has 3 rings (SSSR count). The fourth-order valence-electron chi connectivity index (χ4n) is 4.08. The van der Waals surface area contributed by atoms with Crippen molar-refractivity contribution in [1.29, 1.82) is 0 Å². The molecule has 0 saturated heterocycles. The van der Waals surface area contributed by atoms with E-state index in [0.29, 0.717) is 17.9 Å². The van der Waals surface area contributed by atoms with Crippen molar-refractivity contribution >= 4 is 39.1 Å². The number of anilines is 1. The minimum absolute atomic E-state index is 0.0155. The van der Waals surface area contributed by atoms with Crippen molar-refractivity contribution in [3.8, 4) is 5.75 Å². The number of unbranched alkanes of at least 4 members (excludes halogenated alkanes) is 1. The van der Waals surface area contributed by atoms with Crippen molar-refractivity contribution < 1.29 is 27.1 Å². The average Bonchev–Trinajstić information content (AvgIpc) is 2.95. The van der Waals surface area contributed by atoms with Crippen molar-refractivity contribution in [2.75, 3.05) is 24.5 Å². The second kappa shape index (κ2) is 14.3. The minimum Gasteiger partial charge on any atom is -0.495 e. The lowest BCUT2D eigenvalue weighted by atomic mass is 10.1. The molecule has 0 aromatic heterocycles. The first-order chi connectivity index (χ1) is 19.5. The molecule has 0 spiro atoms. The molecule has 0 bridgehead atoms. The number of ether oxygens (including phenoxy) is 1. The van der Waals surface area contributed by atoms with Crippen LogP contribution in [0.25, 0.3) is 0 Å². The topological polar surface area (TPSA) is 96.0 Å². The monoisotopic (exact) mass is 603 g/mol. The lowest BCUT2D eigenvalue weighted by Crippen LogP contribution is -2.51. The number of amides is 2. The summed E-state index contributed by atoms with van der Waals surface area (Å²) in [7, 11) is -2.81. The molecule has 3 aromatic carbocycles. The van der Waals surface area contributed by atoms with Crippen molar-refractivity contribution in [2.24, 2.45) is 0 Å². The van der Waals surface area contributed by atoms with Gasteiger partial charge in [-0.1, -0.05) is 54.8 Å². The number of halogens is 2. The maximum absolute atomic E-state index is 13.9. The second-order valence-corrected chi connectivity index (χ2v) is 11.9. The van der Waals surface area contributed by atoms with Crippen molar-refractivity contribution in [2.45, 2.75) is 51.1 Å². The Kier molecular flexibility index (Phi) is 11.1. The Morgan fingerprint density at radius 3 is 2.29 bits per heavy atom. The largest absolute Gasteiger partial charge is 0.495 e. The highest BCUT2D eigenvalue weighted by Crippen LogP contribution is 2.32. The summed E-state index contributed by atoms with van der Waals surface area (Å²) >= 11 is 6.34. The number of benzene rings is 3. The Bertz CT molecular complexity index is 1450. The van der Waals surface area contributed by atoms with Gasteiger partial charge in [-0.3, -0.25) is 13.9 Å². The Morgan fingerprint density at radius 2 is 1.71 bits per heavy atom. The van der Waals surface area contributed by atoms with E-state index in [1.807, 2.05) is 13.8 Å². The normalized spacial score (nSPS) is 12.0. The average molecular weight is 604 g/mol. The summed E-state index contributed by atoms with van der Waals surface area (Å²) in [5.41, 5.74) is 1.59. The molecule has 11 heteroatoms. The predicted octanol–water partition coefficient (Wildman–Crippen LogP) is 5.33. The number of aryl methyl sites for hydroxylation is 1. The van der Waals surface area contributed by atoms with Crippen LogP contribution in [-0.4, -0.2) is 51.4 Å². The summed E-state index contributed by atoms with van der Waals surface area (Å²) in [6.07, 6.45) is 1.65. The van der Waals surface area contributed by atoms with Gasteiger partial charge >= 0.3 is 0 Å². The van der Waals surface area contributed by atoms with Crippen LogP contribution in [0.3, 0.4) is 0 Å². The smallest absolute Gasteiger partial charge is 0.264 e. The highest BCUT2D eigenvalue weighted by Gasteiger charge is 2.32. The van der Waals surface area contributed by atoms with Crippen molar-refractivity contribution in [3.05, 3.63) is 88.7 Å². The van der Waals surface area contributed by atoms with E-state index in [9.17, 15) is 22.4 Å². The van der Waals surface area contributed by atoms with Gasteiger partial charge in [0.1, 0.15) is 24.2 Å². The van der Waals surface area contributed by atoms with E-state index in [1.54, 1.807) is 19.1 Å². The van der Waals surface area contributed by atoms with E-state index in [0.717, 1.165) is 22.7 Å². The van der Waals surface area contributed by atoms with E-state index >= 15 is 0 Å². The number of nitrogens with one attached hydrogen (secondary N) is 1. The molecule has 0 saturated carbocycles. The zero-order valence-corrected chi connectivity index (χ0v) is 25.1. The van der Waals surface area contributed by atoms with Gasteiger partial charge in [0, 0.05) is 13.1 Å². The number of rotatable bonds is 13. The van der Waals surface area contributed by atoms with Gasteiger partial charge in [0.15, 0.2) is 0 Å². The van der Waals surface area contributed by atoms with E-state index in [2.05, 4.69) is 5.32 Å². The molecule has 0 aliphatic heterocycles. The van der Waals surface area contributed by atoms with Crippen LogP contribution in [0.4, 0.5) is 10.1 Å². The quantitative estimate of drug-likeness (QED) is 0.267. The highest BCUT2D eigenvalue weighted by molar-refractivity contribution is 7.92. The number of nitrogens with zero attached hydrogens (tertiary/aromatic N) is 2. The SMILES string of the molecule is CCCCNC(=O)[C@H](C)N(Cc1ccc(F)cc1)C(=O)CN(c1ccc(OC)c(Cl)c1)S(=O)(=O)c1ccc(C)cc1. The number of carbonyl (C=O) groups is 2. The van der Waals surface area contributed by atoms with E-state index in [1.165, 1.54) is 66.6 Å². The van der Waals surface area contributed by atoms with Gasteiger partial charge in [0.2, 0.25) is 11.8 Å². The molecule has 1 N–H and O–H groups in total. The van der Waals surface area contributed by atoms with Crippen molar-refractivity contribution in [1.82, 2.24) is 10.2 Å². The lowest BCUT2D eigenvalue weighted by molar-refractivity contribution is -0.139. The molecule has 2 amide bonds. The molecule has 3 aromatic rings. The maximum Gasteiger partial charge on any atom is 0.264 e. The van der Waals surface area contributed by atoms with Crippen LogP contribution in [0.15, 0.2) is 71.6 Å². The standard InChI is InChI=1S/C30H35ClFN3O5S/c1-5-6-17-33-30(37)22(3)34(19-23-9-11-24(32)12-10-23)29(36)20-35(25-13-16-28(40-4)27(31)18-25)41(38,39)26-14-7-21(2)8-15-26/h7-16,18,22H,5-6,17,19-20H2,1-4H3,(H,33,37)/t22-/m0/s1. The molecule has 1 atom stereocenters. The van der Waals surface area contributed by atoms with E-state index < -0.39 is 34.3 Å².